The van der Waals surface area contributed by atoms with Crippen LogP contribution in [0.4, 0.5) is 0 Å². The third-order valence-corrected chi connectivity index (χ3v) is 4.58. The molecule has 94 valence electrons. The highest BCUT2D eigenvalue weighted by atomic mass is 32.2. The van der Waals surface area contributed by atoms with Crippen molar-refractivity contribution in [1.29, 1.82) is 0 Å². The smallest absolute Gasteiger partial charge is 0.219 e. The molecule has 1 atom stereocenters. The minimum atomic E-state index is -2.83. The predicted molar refractivity (Wildman–Crippen MR) is 63.0 cm³/mol. The number of sulfone groups is 1. The molecule has 2 N–H and O–H groups in total. The van der Waals surface area contributed by atoms with Crippen LogP contribution in [0, 0.1) is 0 Å². The summed E-state index contributed by atoms with van der Waals surface area (Å²) < 4.78 is 22.7. The third kappa shape index (κ3) is 4.94. The number of hydrogen-bond donors (Lipinski definition) is 2. The highest BCUT2D eigenvalue weighted by Crippen LogP contribution is 2.11. The molecule has 1 rings (SSSR count). The summed E-state index contributed by atoms with van der Waals surface area (Å²) in [6.07, 6.45) is 2.90. The highest BCUT2D eigenvalue weighted by molar-refractivity contribution is 7.91. The Labute approximate surface area is 96.9 Å². The molecular formula is C10H20N2O3S. The fraction of sp³-hybridized carbons (Fsp3) is 0.900. The fourth-order valence-electron chi connectivity index (χ4n) is 1.86. The number of rotatable bonds is 5. The summed E-state index contributed by atoms with van der Waals surface area (Å²) in [5.74, 6) is 0.592. The SMILES string of the molecule is CNC(=O)CCCNC1CCCS(=O)(=O)C1. The summed E-state index contributed by atoms with van der Waals surface area (Å²) in [5.41, 5.74) is 0. The number of carbonyl (C=O) groups excluding carboxylic acids is 1. The van der Waals surface area contributed by atoms with Gasteiger partial charge in [0.2, 0.25) is 5.91 Å². The zero-order valence-corrected chi connectivity index (χ0v) is 10.5. The zero-order valence-electron chi connectivity index (χ0n) is 9.66. The van der Waals surface area contributed by atoms with E-state index in [1.807, 2.05) is 0 Å². The van der Waals surface area contributed by atoms with Crippen molar-refractivity contribution >= 4 is 15.7 Å². The largest absolute Gasteiger partial charge is 0.359 e. The van der Waals surface area contributed by atoms with Gasteiger partial charge < -0.3 is 10.6 Å². The monoisotopic (exact) mass is 248 g/mol. The second-order valence-corrected chi connectivity index (χ2v) is 6.41. The van der Waals surface area contributed by atoms with Gasteiger partial charge in [-0.1, -0.05) is 0 Å². The first-order valence-corrected chi connectivity index (χ1v) is 7.50. The van der Waals surface area contributed by atoms with Gasteiger partial charge in [-0.15, -0.1) is 0 Å². The van der Waals surface area contributed by atoms with Crippen molar-refractivity contribution in [3.8, 4) is 0 Å². The lowest BCUT2D eigenvalue weighted by molar-refractivity contribution is -0.120. The van der Waals surface area contributed by atoms with Gasteiger partial charge in [0.1, 0.15) is 0 Å². The van der Waals surface area contributed by atoms with E-state index >= 15 is 0 Å². The molecule has 0 spiro atoms. The molecule has 0 aromatic carbocycles. The Morgan fingerprint density at radius 1 is 1.44 bits per heavy atom. The van der Waals surface area contributed by atoms with Crippen LogP contribution in [0.2, 0.25) is 0 Å². The van der Waals surface area contributed by atoms with Crippen LogP contribution < -0.4 is 10.6 Å². The molecule has 1 fully saturated rings. The Kier molecular flexibility index (Phi) is 5.21. The van der Waals surface area contributed by atoms with Crippen molar-refractivity contribution in [2.75, 3.05) is 25.1 Å². The minimum Gasteiger partial charge on any atom is -0.359 e. The van der Waals surface area contributed by atoms with Crippen LogP contribution in [0.3, 0.4) is 0 Å². The molecule has 0 aromatic heterocycles. The number of hydrogen-bond acceptors (Lipinski definition) is 4. The molecule has 0 radical (unpaired) electrons. The summed E-state index contributed by atoms with van der Waals surface area (Å²) in [5, 5.41) is 5.75. The van der Waals surface area contributed by atoms with Crippen molar-refractivity contribution in [3.63, 3.8) is 0 Å². The second-order valence-electron chi connectivity index (χ2n) is 4.18. The molecule has 1 amide bonds. The molecule has 0 bridgehead atoms. The lowest BCUT2D eigenvalue weighted by atomic mass is 10.2. The van der Waals surface area contributed by atoms with Gasteiger partial charge in [0.15, 0.2) is 9.84 Å². The Bertz CT molecular complexity index is 327. The van der Waals surface area contributed by atoms with Crippen LogP contribution >= 0.6 is 0 Å². The van der Waals surface area contributed by atoms with E-state index < -0.39 is 9.84 Å². The van der Waals surface area contributed by atoms with Gasteiger partial charge in [0, 0.05) is 19.5 Å². The maximum Gasteiger partial charge on any atom is 0.219 e. The summed E-state index contributed by atoms with van der Waals surface area (Å²) in [4.78, 5) is 10.9. The molecule has 1 saturated heterocycles. The average Bonchev–Trinajstić information content (AvgIpc) is 2.22. The molecule has 6 heteroatoms. The molecule has 1 heterocycles. The third-order valence-electron chi connectivity index (χ3n) is 2.76. The zero-order chi connectivity index (χ0) is 12.0. The lowest BCUT2D eigenvalue weighted by Gasteiger charge is -2.22. The molecule has 0 aliphatic carbocycles. The molecule has 16 heavy (non-hydrogen) atoms. The highest BCUT2D eigenvalue weighted by Gasteiger charge is 2.23. The Morgan fingerprint density at radius 2 is 2.19 bits per heavy atom. The van der Waals surface area contributed by atoms with Crippen LogP contribution in [-0.2, 0) is 14.6 Å². The van der Waals surface area contributed by atoms with Crippen molar-refractivity contribution in [2.24, 2.45) is 0 Å². The minimum absolute atomic E-state index is 0.0260. The van der Waals surface area contributed by atoms with Crippen molar-refractivity contribution in [3.05, 3.63) is 0 Å². The van der Waals surface area contributed by atoms with Gasteiger partial charge in [-0.2, -0.15) is 0 Å². The summed E-state index contributed by atoms with van der Waals surface area (Å²) in [7, 11) is -1.22. The van der Waals surface area contributed by atoms with Crippen LogP contribution in [0.15, 0.2) is 0 Å². The van der Waals surface area contributed by atoms with Gasteiger partial charge in [-0.3, -0.25) is 4.79 Å². The Hall–Kier alpha value is -0.620. The van der Waals surface area contributed by atoms with E-state index in [1.54, 1.807) is 7.05 Å². The first-order valence-electron chi connectivity index (χ1n) is 5.68. The number of carbonyl (C=O) groups is 1. The molecule has 1 unspecified atom stereocenters. The maximum absolute atomic E-state index is 11.3. The van der Waals surface area contributed by atoms with Crippen molar-refractivity contribution in [1.82, 2.24) is 10.6 Å². The predicted octanol–water partition coefficient (Wildman–Crippen LogP) is -0.321. The molecule has 1 aliphatic heterocycles. The number of amides is 1. The quantitative estimate of drug-likeness (QED) is 0.654. The van der Waals surface area contributed by atoms with E-state index in [4.69, 9.17) is 0 Å². The van der Waals surface area contributed by atoms with E-state index in [0.717, 1.165) is 19.3 Å². The van der Waals surface area contributed by atoms with E-state index in [0.29, 0.717) is 18.7 Å². The first kappa shape index (κ1) is 13.4. The van der Waals surface area contributed by atoms with Crippen LogP contribution in [0.1, 0.15) is 25.7 Å². The molecular weight excluding hydrogens is 228 g/mol. The average molecular weight is 248 g/mol. The standard InChI is InChI=1S/C10H20N2O3S/c1-11-10(13)5-2-6-12-9-4-3-7-16(14,15)8-9/h9,12H,2-8H2,1H3,(H,11,13). The molecule has 1 aliphatic rings. The van der Waals surface area contributed by atoms with Gasteiger partial charge in [0.25, 0.3) is 0 Å². The van der Waals surface area contributed by atoms with Crippen LogP contribution in [-0.4, -0.2) is 45.5 Å². The number of nitrogens with one attached hydrogen (secondary N) is 2. The fourth-order valence-corrected chi connectivity index (χ4v) is 3.53. The Morgan fingerprint density at radius 3 is 2.81 bits per heavy atom. The van der Waals surface area contributed by atoms with Gasteiger partial charge in [0.05, 0.1) is 11.5 Å². The normalized spacial score (nSPS) is 23.9. The van der Waals surface area contributed by atoms with Crippen molar-refractivity contribution < 1.29 is 13.2 Å². The van der Waals surface area contributed by atoms with Crippen LogP contribution in [0.25, 0.3) is 0 Å². The van der Waals surface area contributed by atoms with Gasteiger partial charge in [-0.25, -0.2) is 8.42 Å². The lowest BCUT2D eigenvalue weighted by Crippen LogP contribution is -2.40. The van der Waals surface area contributed by atoms with Gasteiger partial charge >= 0.3 is 0 Å². The van der Waals surface area contributed by atoms with E-state index in [-0.39, 0.29) is 17.7 Å². The Balaban J connectivity index is 2.16. The topological polar surface area (TPSA) is 75.3 Å². The second kappa shape index (κ2) is 6.20. The summed E-state index contributed by atoms with van der Waals surface area (Å²) in [6.45, 7) is 0.702. The summed E-state index contributed by atoms with van der Waals surface area (Å²) in [6, 6.07) is 0.0726. The van der Waals surface area contributed by atoms with E-state index in [1.165, 1.54) is 0 Å². The van der Waals surface area contributed by atoms with E-state index in [2.05, 4.69) is 10.6 Å². The molecule has 0 aromatic rings. The van der Waals surface area contributed by atoms with Crippen LogP contribution in [0.5, 0.6) is 0 Å². The molecule has 5 nitrogen and oxygen atoms in total. The van der Waals surface area contributed by atoms with Gasteiger partial charge in [-0.05, 0) is 25.8 Å². The first-order chi connectivity index (χ1) is 7.53. The maximum atomic E-state index is 11.3. The van der Waals surface area contributed by atoms with Crippen molar-refractivity contribution in [2.45, 2.75) is 31.7 Å². The molecule has 0 saturated carbocycles. The summed E-state index contributed by atoms with van der Waals surface area (Å²) >= 11 is 0. The van der Waals surface area contributed by atoms with E-state index in [9.17, 15) is 13.2 Å².